The Hall–Kier alpha value is -0.750. The molecule has 118 valence electrons. The fourth-order valence-electron chi connectivity index (χ4n) is 2.77. The third-order valence-electron chi connectivity index (χ3n) is 3.95. The van der Waals surface area contributed by atoms with E-state index in [4.69, 9.17) is 0 Å². The van der Waals surface area contributed by atoms with Crippen molar-refractivity contribution in [3.63, 3.8) is 0 Å². The van der Waals surface area contributed by atoms with Crippen LogP contribution in [0.25, 0.3) is 0 Å². The number of aryl methyl sites for hydroxylation is 1. The van der Waals surface area contributed by atoms with Crippen molar-refractivity contribution in [3.05, 3.63) is 16.1 Å². The molecule has 1 fully saturated rings. The van der Waals surface area contributed by atoms with Crippen LogP contribution in [0.4, 0.5) is 4.79 Å². The van der Waals surface area contributed by atoms with Gasteiger partial charge in [-0.05, 0) is 31.9 Å². The minimum absolute atomic E-state index is 0.0501. The number of amides is 2. The number of carbonyl (C=O) groups is 1. The smallest absolute Gasteiger partial charge is 0.317 e. The number of thioether (sulfide) groups is 1. The van der Waals surface area contributed by atoms with E-state index in [1.807, 2.05) is 30.6 Å². The van der Waals surface area contributed by atoms with E-state index in [2.05, 4.69) is 22.6 Å². The van der Waals surface area contributed by atoms with E-state index < -0.39 is 0 Å². The van der Waals surface area contributed by atoms with Crippen LogP contribution in [0.3, 0.4) is 0 Å². The molecule has 2 rings (SSSR count). The van der Waals surface area contributed by atoms with Crippen molar-refractivity contribution in [2.75, 3.05) is 19.3 Å². The second-order valence-electron chi connectivity index (χ2n) is 5.49. The van der Waals surface area contributed by atoms with Crippen molar-refractivity contribution in [1.82, 2.24) is 15.2 Å². The van der Waals surface area contributed by atoms with Crippen molar-refractivity contribution in [2.45, 2.75) is 50.8 Å². The summed E-state index contributed by atoms with van der Waals surface area (Å²) in [5.41, 5.74) is 1.07. The quantitative estimate of drug-likeness (QED) is 0.872. The third-order valence-corrected chi connectivity index (χ3v) is 6.01. The molecule has 0 saturated heterocycles. The van der Waals surface area contributed by atoms with Crippen LogP contribution in [0.2, 0.25) is 0 Å². The lowest BCUT2D eigenvalue weighted by atomic mass is 10.2. The van der Waals surface area contributed by atoms with Gasteiger partial charge in [-0.1, -0.05) is 6.92 Å². The Kier molecular flexibility index (Phi) is 6.36. The van der Waals surface area contributed by atoms with Crippen molar-refractivity contribution in [1.29, 1.82) is 0 Å². The Morgan fingerprint density at radius 2 is 2.38 bits per heavy atom. The highest BCUT2D eigenvalue weighted by Crippen LogP contribution is 2.32. The molecule has 1 saturated carbocycles. The van der Waals surface area contributed by atoms with E-state index >= 15 is 0 Å². The van der Waals surface area contributed by atoms with Gasteiger partial charge in [0.25, 0.3) is 0 Å². The lowest BCUT2D eigenvalue weighted by Gasteiger charge is -2.25. The molecule has 21 heavy (non-hydrogen) atoms. The number of nitrogens with zero attached hydrogens (tertiary/aromatic N) is 2. The van der Waals surface area contributed by atoms with Crippen LogP contribution >= 0.6 is 23.1 Å². The van der Waals surface area contributed by atoms with Crippen LogP contribution in [-0.4, -0.2) is 46.6 Å². The largest absolute Gasteiger partial charge is 0.338 e. The van der Waals surface area contributed by atoms with Gasteiger partial charge in [0.2, 0.25) is 0 Å². The molecule has 1 heterocycles. The van der Waals surface area contributed by atoms with Crippen molar-refractivity contribution in [3.8, 4) is 0 Å². The summed E-state index contributed by atoms with van der Waals surface area (Å²) in [5, 5.41) is 6.89. The Labute approximate surface area is 135 Å². The first-order valence-electron chi connectivity index (χ1n) is 7.63. The van der Waals surface area contributed by atoms with Gasteiger partial charge < -0.3 is 10.2 Å². The molecule has 2 amide bonds. The summed E-state index contributed by atoms with van der Waals surface area (Å²) < 4.78 is 0. The van der Waals surface area contributed by atoms with Gasteiger partial charge in [0, 0.05) is 36.7 Å². The number of aromatic nitrogens is 1. The molecule has 0 aromatic carbocycles. The summed E-state index contributed by atoms with van der Waals surface area (Å²) >= 11 is 3.68. The summed E-state index contributed by atoms with van der Waals surface area (Å²) in [5.74, 6) is 1.17. The maximum Gasteiger partial charge on any atom is 0.317 e. The zero-order chi connectivity index (χ0) is 15.2. The average Bonchev–Trinajstić information content (AvgIpc) is 3.08. The summed E-state index contributed by atoms with van der Waals surface area (Å²) in [4.78, 5) is 18.5. The van der Waals surface area contributed by atoms with E-state index in [1.165, 1.54) is 12.2 Å². The molecule has 1 N–H and O–H groups in total. The number of hydrogen-bond acceptors (Lipinski definition) is 4. The van der Waals surface area contributed by atoms with Crippen LogP contribution in [0.5, 0.6) is 0 Å². The second kappa shape index (κ2) is 8.03. The highest BCUT2D eigenvalue weighted by Gasteiger charge is 2.29. The van der Waals surface area contributed by atoms with E-state index in [0.29, 0.717) is 12.6 Å². The van der Waals surface area contributed by atoms with E-state index in [9.17, 15) is 4.79 Å². The van der Waals surface area contributed by atoms with Crippen LogP contribution in [-0.2, 0) is 6.42 Å². The predicted octanol–water partition coefficient (Wildman–Crippen LogP) is 3.31. The molecule has 1 aliphatic rings. The number of urea groups is 1. The highest BCUT2D eigenvalue weighted by molar-refractivity contribution is 7.99. The average molecular weight is 328 g/mol. The molecular formula is C15H25N3OS2. The van der Waals surface area contributed by atoms with Crippen LogP contribution < -0.4 is 5.32 Å². The van der Waals surface area contributed by atoms with Crippen molar-refractivity contribution >= 4 is 29.1 Å². The first kappa shape index (κ1) is 16.6. The fraction of sp³-hybridized carbons (Fsp3) is 0.733. The normalized spacial score (nSPS) is 21.5. The standard InChI is InChI=1S/C15H25N3OS2/c1-4-20-14-6-5-13(9-14)18(3)15(19)16-8-7-12-10-21-11(2)17-12/h10,13-14H,4-9H2,1-3H3,(H,16,19). The number of hydrogen-bond donors (Lipinski definition) is 1. The van der Waals surface area contributed by atoms with Gasteiger partial charge in [-0.2, -0.15) is 11.8 Å². The molecule has 0 aliphatic heterocycles. The SMILES string of the molecule is CCSC1CCC(N(C)C(=O)NCCc2csc(C)n2)C1. The summed E-state index contributed by atoms with van der Waals surface area (Å²) in [6.45, 7) is 4.87. The number of carbonyl (C=O) groups excluding carboxylic acids is 1. The van der Waals surface area contributed by atoms with E-state index in [-0.39, 0.29) is 6.03 Å². The number of rotatable bonds is 6. The van der Waals surface area contributed by atoms with Crippen molar-refractivity contribution in [2.24, 2.45) is 0 Å². The second-order valence-corrected chi connectivity index (χ2v) is 8.13. The fourth-order valence-corrected chi connectivity index (χ4v) is 4.55. The molecule has 1 aromatic heterocycles. The summed E-state index contributed by atoms with van der Waals surface area (Å²) in [7, 11) is 1.92. The maximum atomic E-state index is 12.2. The van der Waals surface area contributed by atoms with Crippen LogP contribution in [0.1, 0.15) is 36.9 Å². The van der Waals surface area contributed by atoms with E-state index in [1.54, 1.807) is 11.3 Å². The van der Waals surface area contributed by atoms with Gasteiger partial charge in [-0.3, -0.25) is 0 Å². The predicted molar refractivity (Wildman–Crippen MR) is 91.3 cm³/mol. The first-order chi connectivity index (χ1) is 10.1. The summed E-state index contributed by atoms with van der Waals surface area (Å²) in [6, 6.07) is 0.449. The topological polar surface area (TPSA) is 45.2 Å². The minimum Gasteiger partial charge on any atom is -0.338 e. The highest BCUT2D eigenvalue weighted by atomic mass is 32.2. The lowest BCUT2D eigenvalue weighted by molar-refractivity contribution is 0.191. The lowest BCUT2D eigenvalue weighted by Crippen LogP contribution is -2.43. The molecule has 2 unspecified atom stereocenters. The van der Waals surface area contributed by atoms with Gasteiger partial charge in [0.1, 0.15) is 0 Å². The van der Waals surface area contributed by atoms with Gasteiger partial charge >= 0.3 is 6.03 Å². The molecular weight excluding hydrogens is 302 g/mol. The van der Waals surface area contributed by atoms with Crippen LogP contribution in [0.15, 0.2) is 5.38 Å². The Balaban J connectivity index is 1.70. The molecule has 1 aromatic rings. The van der Waals surface area contributed by atoms with Gasteiger partial charge in [0.05, 0.1) is 10.7 Å². The molecule has 6 heteroatoms. The Bertz CT molecular complexity index is 464. The molecule has 4 nitrogen and oxygen atoms in total. The molecule has 0 spiro atoms. The monoisotopic (exact) mass is 327 g/mol. The molecule has 2 atom stereocenters. The number of nitrogens with one attached hydrogen (secondary N) is 1. The maximum absolute atomic E-state index is 12.2. The van der Waals surface area contributed by atoms with Gasteiger partial charge in [0.15, 0.2) is 0 Å². The summed E-state index contributed by atoms with van der Waals surface area (Å²) in [6.07, 6.45) is 4.31. The molecule has 0 radical (unpaired) electrons. The van der Waals surface area contributed by atoms with E-state index in [0.717, 1.165) is 35.2 Å². The molecule has 1 aliphatic carbocycles. The first-order valence-corrected chi connectivity index (χ1v) is 9.56. The van der Waals surface area contributed by atoms with Crippen molar-refractivity contribution < 1.29 is 4.79 Å². The Morgan fingerprint density at radius 1 is 1.57 bits per heavy atom. The minimum atomic E-state index is 0.0501. The zero-order valence-corrected chi connectivity index (χ0v) is 14.7. The third kappa shape index (κ3) is 4.88. The van der Waals surface area contributed by atoms with Gasteiger partial charge in [-0.15, -0.1) is 11.3 Å². The Morgan fingerprint density at radius 3 is 3.05 bits per heavy atom. The molecule has 0 bridgehead atoms. The van der Waals surface area contributed by atoms with Crippen LogP contribution in [0, 0.1) is 6.92 Å². The zero-order valence-electron chi connectivity index (χ0n) is 13.1. The van der Waals surface area contributed by atoms with Gasteiger partial charge in [-0.25, -0.2) is 9.78 Å². The number of thiazole rings is 1.